The molecule has 14 heavy (non-hydrogen) atoms. The lowest BCUT2D eigenvalue weighted by Gasteiger charge is -2.03. The fraction of sp³-hybridized carbons (Fsp3) is 0.0833. The van der Waals surface area contributed by atoms with E-state index in [1.807, 2.05) is 36.6 Å². The molecule has 0 saturated carbocycles. The fourth-order valence-corrected chi connectivity index (χ4v) is 2.10. The first-order valence-electron chi connectivity index (χ1n) is 4.32. The fourth-order valence-electron chi connectivity index (χ4n) is 1.54. The van der Waals surface area contributed by atoms with Gasteiger partial charge in [-0.2, -0.15) is 5.26 Å². The zero-order valence-corrected chi connectivity index (χ0v) is 8.64. The molecule has 0 saturated heterocycles. The first-order valence-corrected chi connectivity index (χ1v) is 5.55. The second kappa shape index (κ2) is 3.73. The summed E-state index contributed by atoms with van der Waals surface area (Å²) in [5.41, 5.74) is 0.788. The van der Waals surface area contributed by atoms with Gasteiger partial charge < -0.3 is 0 Å². The van der Waals surface area contributed by atoms with E-state index in [-0.39, 0.29) is 0 Å². The molecule has 0 radical (unpaired) electrons. The van der Waals surface area contributed by atoms with Crippen molar-refractivity contribution in [2.24, 2.45) is 0 Å². The first-order chi connectivity index (χ1) is 6.86. The molecule has 2 aromatic carbocycles. The number of nitriles is 1. The SMILES string of the molecule is CSc1ccc2ccccc2c1C#N. The van der Waals surface area contributed by atoms with Crippen molar-refractivity contribution in [3.63, 3.8) is 0 Å². The highest BCUT2D eigenvalue weighted by atomic mass is 32.2. The molecule has 0 heterocycles. The van der Waals surface area contributed by atoms with E-state index in [0.29, 0.717) is 0 Å². The van der Waals surface area contributed by atoms with Crippen molar-refractivity contribution < 1.29 is 0 Å². The van der Waals surface area contributed by atoms with Crippen LogP contribution in [0.5, 0.6) is 0 Å². The maximum absolute atomic E-state index is 9.08. The van der Waals surface area contributed by atoms with Gasteiger partial charge in [0.2, 0.25) is 0 Å². The molecule has 2 rings (SSSR count). The van der Waals surface area contributed by atoms with Crippen LogP contribution in [0.4, 0.5) is 0 Å². The number of nitrogens with zero attached hydrogens (tertiary/aromatic N) is 1. The maximum Gasteiger partial charge on any atom is 0.101 e. The molecule has 68 valence electrons. The quantitative estimate of drug-likeness (QED) is 0.657. The van der Waals surface area contributed by atoms with Crippen molar-refractivity contribution in [1.29, 1.82) is 5.26 Å². The van der Waals surface area contributed by atoms with E-state index in [0.717, 1.165) is 21.2 Å². The Morgan fingerprint density at radius 2 is 1.93 bits per heavy atom. The molecule has 0 aliphatic carbocycles. The number of hydrogen-bond acceptors (Lipinski definition) is 2. The van der Waals surface area contributed by atoms with Gasteiger partial charge in [-0.25, -0.2) is 0 Å². The van der Waals surface area contributed by atoms with Crippen molar-refractivity contribution in [3.8, 4) is 6.07 Å². The summed E-state index contributed by atoms with van der Waals surface area (Å²) >= 11 is 1.61. The molecule has 2 heteroatoms. The van der Waals surface area contributed by atoms with Gasteiger partial charge >= 0.3 is 0 Å². The summed E-state index contributed by atoms with van der Waals surface area (Å²) in [7, 11) is 0. The van der Waals surface area contributed by atoms with Crippen molar-refractivity contribution in [1.82, 2.24) is 0 Å². The predicted molar refractivity (Wildman–Crippen MR) is 60.4 cm³/mol. The van der Waals surface area contributed by atoms with E-state index in [1.165, 1.54) is 0 Å². The molecule has 0 unspecified atom stereocenters. The van der Waals surface area contributed by atoms with Crippen LogP contribution in [0.25, 0.3) is 10.8 Å². The lowest BCUT2D eigenvalue weighted by molar-refractivity contribution is 1.41. The van der Waals surface area contributed by atoms with E-state index >= 15 is 0 Å². The maximum atomic E-state index is 9.08. The van der Waals surface area contributed by atoms with Gasteiger partial charge in [-0.15, -0.1) is 11.8 Å². The van der Waals surface area contributed by atoms with Crippen molar-refractivity contribution in [3.05, 3.63) is 42.0 Å². The van der Waals surface area contributed by atoms with E-state index in [1.54, 1.807) is 11.8 Å². The number of rotatable bonds is 1. The molecule has 2 aromatic rings. The third-order valence-corrected chi connectivity index (χ3v) is 3.00. The molecule has 0 fully saturated rings. The predicted octanol–water partition coefficient (Wildman–Crippen LogP) is 3.43. The second-order valence-electron chi connectivity index (χ2n) is 2.98. The van der Waals surface area contributed by atoms with E-state index in [2.05, 4.69) is 12.1 Å². The summed E-state index contributed by atoms with van der Waals surface area (Å²) < 4.78 is 0. The Morgan fingerprint density at radius 1 is 1.14 bits per heavy atom. The zero-order valence-electron chi connectivity index (χ0n) is 7.82. The smallest absolute Gasteiger partial charge is 0.101 e. The Labute approximate surface area is 87.4 Å². The van der Waals surface area contributed by atoms with Crippen LogP contribution in [0.15, 0.2) is 41.3 Å². The molecular formula is C12H9NS. The summed E-state index contributed by atoms with van der Waals surface area (Å²) in [6, 6.07) is 14.3. The average molecular weight is 199 g/mol. The van der Waals surface area contributed by atoms with Gasteiger partial charge in [0.25, 0.3) is 0 Å². The average Bonchev–Trinajstić information content (AvgIpc) is 2.27. The minimum absolute atomic E-state index is 0.788. The van der Waals surface area contributed by atoms with Gasteiger partial charge in [-0.1, -0.05) is 30.3 Å². The van der Waals surface area contributed by atoms with Crippen molar-refractivity contribution >= 4 is 22.5 Å². The highest BCUT2D eigenvalue weighted by Crippen LogP contribution is 2.27. The molecule has 0 aliphatic heterocycles. The molecule has 0 aliphatic rings. The monoisotopic (exact) mass is 199 g/mol. The third kappa shape index (κ3) is 1.36. The standard InChI is InChI=1S/C12H9NS/c1-14-12-7-6-9-4-2-3-5-10(9)11(12)8-13/h2-7H,1H3. The Balaban J connectivity index is 2.85. The Hall–Kier alpha value is -1.46. The van der Waals surface area contributed by atoms with Crippen LogP contribution in [-0.4, -0.2) is 6.26 Å². The van der Waals surface area contributed by atoms with Gasteiger partial charge in [-0.05, 0) is 17.7 Å². The second-order valence-corrected chi connectivity index (χ2v) is 3.82. The molecule has 0 atom stereocenters. The normalized spacial score (nSPS) is 10.0. The van der Waals surface area contributed by atoms with Crippen LogP contribution in [0, 0.1) is 11.3 Å². The molecule has 0 N–H and O–H groups in total. The van der Waals surface area contributed by atoms with Crippen molar-refractivity contribution in [2.75, 3.05) is 6.26 Å². The third-order valence-electron chi connectivity index (χ3n) is 2.22. The highest BCUT2D eigenvalue weighted by molar-refractivity contribution is 7.98. The Morgan fingerprint density at radius 3 is 2.64 bits per heavy atom. The molecule has 1 nitrogen and oxygen atoms in total. The van der Waals surface area contributed by atoms with Gasteiger partial charge in [0.1, 0.15) is 6.07 Å². The molecule has 0 amide bonds. The number of thioether (sulfide) groups is 1. The van der Waals surface area contributed by atoms with Gasteiger partial charge in [0.15, 0.2) is 0 Å². The van der Waals surface area contributed by atoms with Gasteiger partial charge in [-0.3, -0.25) is 0 Å². The number of benzene rings is 2. The van der Waals surface area contributed by atoms with Gasteiger partial charge in [0.05, 0.1) is 5.56 Å². The highest BCUT2D eigenvalue weighted by Gasteiger charge is 2.04. The van der Waals surface area contributed by atoms with E-state index in [4.69, 9.17) is 5.26 Å². The zero-order chi connectivity index (χ0) is 9.97. The topological polar surface area (TPSA) is 23.8 Å². The minimum Gasteiger partial charge on any atom is -0.192 e. The Kier molecular flexibility index (Phi) is 2.43. The van der Waals surface area contributed by atoms with Crippen molar-refractivity contribution in [2.45, 2.75) is 4.90 Å². The molecular weight excluding hydrogens is 190 g/mol. The Bertz CT molecular complexity index is 511. The van der Waals surface area contributed by atoms with Gasteiger partial charge in [0, 0.05) is 10.3 Å². The minimum atomic E-state index is 0.788. The number of fused-ring (bicyclic) bond motifs is 1. The van der Waals surface area contributed by atoms with Crippen LogP contribution < -0.4 is 0 Å². The number of hydrogen-bond donors (Lipinski definition) is 0. The lowest BCUT2D eigenvalue weighted by Crippen LogP contribution is -1.83. The van der Waals surface area contributed by atoms with Crippen LogP contribution in [-0.2, 0) is 0 Å². The summed E-state index contributed by atoms with van der Waals surface area (Å²) in [4.78, 5) is 1.05. The lowest BCUT2D eigenvalue weighted by atomic mass is 10.1. The van der Waals surface area contributed by atoms with Crippen LogP contribution in [0.1, 0.15) is 5.56 Å². The van der Waals surface area contributed by atoms with Crippen LogP contribution >= 0.6 is 11.8 Å². The van der Waals surface area contributed by atoms with Crippen LogP contribution in [0.2, 0.25) is 0 Å². The molecule has 0 spiro atoms. The van der Waals surface area contributed by atoms with Crippen LogP contribution in [0.3, 0.4) is 0 Å². The summed E-state index contributed by atoms with van der Waals surface area (Å²) in [5.74, 6) is 0. The first kappa shape index (κ1) is 9.11. The largest absolute Gasteiger partial charge is 0.192 e. The summed E-state index contributed by atoms with van der Waals surface area (Å²) in [5, 5.41) is 11.3. The summed E-state index contributed by atoms with van der Waals surface area (Å²) in [6.07, 6.45) is 1.99. The molecule has 0 aromatic heterocycles. The summed E-state index contributed by atoms with van der Waals surface area (Å²) in [6.45, 7) is 0. The molecule has 0 bridgehead atoms. The van der Waals surface area contributed by atoms with E-state index < -0.39 is 0 Å². The van der Waals surface area contributed by atoms with E-state index in [9.17, 15) is 0 Å².